The lowest BCUT2D eigenvalue weighted by Gasteiger charge is -2.29. The standard InChI is InChI=1S/C17H19N7O4/c1-17(6-8-25,23-16(18)19-2)14-9-11(5-7-20-14)22-15(26)13-4-3-12(10-21-13)24(27)28/h3-5,7-10H,6H2,1-2H3,(H3,18,19,23)(H,20,22,26). The number of rotatable bonds is 7. The maximum Gasteiger partial charge on any atom is 0.287 e. The number of carbonyl (C=O) groups is 2. The number of nitrogens with one attached hydrogen (secondary N) is 2. The summed E-state index contributed by atoms with van der Waals surface area (Å²) in [7, 11) is 1.50. The maximum absolute atomic E-state index is 12.3. The van der Waals surface area contributed by atoms with Crippen molar-refractivity contribution in [3.8, 4) is 0 Å². The van der Waals surface area contributed by atoms with E-state index in [9.17, 15) is 19.7 Å². The monoisotopic (exact) mass is 385 g/mol. The van der Waals surface area contributed by atoms with Gasteiger partial charge < -0.3 is 21.2 Å². The molecule has 0 saturated heterocycles. The highest BCUT2D eigenvalue weighted by Crippen LogP contribution is 2.24. The Morgan fingerprint density at radius 1 is 1.39 bits per heavy atom. The molecule has 4 N–H and O–H groups in total. The fourth-order valence-corrected chi connectivity index (χ4v) is 2.36. The van der Waals surface area contributed by atoms with E-state index in [0.717, 1.165) is 12.5 Å². The van der Waals surface area contributed by atoms with E-state index >= 15 is 0 Å². The molecule has 28 heavy (non-hydrogen) atoms. The van der Waals surface area contributed by atoms with E-state index in [-0.39, 0.29) is 23.8 Å². The van der Waals surface area contributed by atoms with Gasteiger partial charge in [0.05, 0.1) is 16.2 Å². The molecule has 0 spiro atoms. The summed E-state index contributed by atoms with van der Waals surface area (Å²) in [5.41, 5.74) is 5.45. The molecule has 0 bridgehead atoms. The lowest BCUT2D eigenvalue weighted by molar-refractivity contribution is -0.385. The van der Waals surface area contributed by atoms with E-state index in [0.29, 0.717) is 11.4 Å². The van der Waals surface area contributed by atoms with Gasteiger partial charge in [-0.15, -0.1) is 0 Å². The summed E-state index contributed by atoms with van der Waals surface area (Å²) in [5.74, 6) is -0.414. The number of guanidine groups is 1. The first kappa shape index (κ1) is 20.4. The average molecular weight is 385 g/mol. The summed E-state index contributed by atoms with van der Waals surface area (Å²) in [6, 6.07) is 5.60. The number of pyridine rings is 2. The SMILES string of the molecule is CN=C(N)NC(C)(CC=O)c1cc(NC(=O)c2ccc([N+](=O)[O-])cn2)ccn1. The minimum absolute atomic E-state index is 0.0140. The summed E-state index contributed by atoms with van der Waals surface area (Å²) in [4.78, 5) is 45.4. The number of hydrogen-bond acceptors (Lipinski definition) is 7. The van der Waals surface area contributed by atoms with E-state index in [4.69, 9.17) is 5.73 Å². The zero-order valence-electron chi connectivity index (χ0n) is 15.2. The number of aromatic nitrogens is 2. The predicted molar refractivity (Wildman–Crippen MR) is 102 cm³/mol. The van der Waals surface area contributed by atoms with Crippen molar-refractivity contribution in [1.82, 2.24) is 15.3 Å². The largest absolute Gasteiger partial charge is 0.370 e. The Balaban J connectivity index is 2.24. The molecule has 2 aromatic rings. The van der Waals surface area contributed by atoms with Crippen molar-refractivity contribution < 1.29 is 14.5 Å². The Labute approximate surface area is 160 Å². The molecular weight excluding hydrogens is 366 g/mol. The van der Waals surface area contributed by atoms with E-state index in [1.54, 1.807) is 19.1 Å². The third kappa shape index (κ3) is 4.84. The first-order valence-electron chi connectivity index (χ1n) is 8.11. The van der Waals surface area contributed by atoms with Crippen molar-refractivity contribution in [2.45, 2.75) is 18.9 Å². The van der Waals surface area contributed by atoms with E-state index < -0.39 is 16.4 Å². The quantitative estimate of drug-likeness (QED) is 0.208. The lowest BCUT2D eigenvalue weighted by atomic mass is 9.93. The van der Waals surface area contributed by atoms with Crippen LogP contribution >= 0.6 is 0 Å². The van der Waals surface area contributed by atoms with Gasteiger partial charge in [-0.05, 0) is 25.1 Å². The minimum Gasteiger partial charge on any atom is -0.370 e. The third-order valence-corrected chi connectivity index (χ3v) is 3.91. The number of amides is 1. The number of aldehydes is 1. The van der Waals surface area contributed by atoms with Crippen LogP contribution in [0.3, 0.4) is 0 Å². The van der Waals surface area contributed by atoms with Crippen LogP contribution in [0.2, 0.25) is 0 Å². The molecule has 1 unspecified atom stereocenters. The Kier molecular flexibility index (Phi) is 6.32. The molecule has 146 valence electrons. The molecule has 0 aliphatic heterocycles. The number of anilines is 1. The normalized spacial score (nSPS) is 13.3. The average Bonchev–Trinajstić information content (AvgIpc) is 2.68. The van der Waals surface area contributed by atoms with Crippen molar-refractivity contribution >= 4 is 29.5 Å². The number of aliphatic imine (C=N–C) groups is 1. The molecule has 11 heteroatoms. The van der Waals surface area contributed by atoms with Crippen LogP contribution in [0.25, 0.3) is 0 Å². The van der Waals surface area contributed by atoms with Crippen molar-refractivity contribution in [2.75, 3.05) is 12.4 Å². The molecular formula is C17H19N7O4. The molecule has 2 aromatic heterocycles. The Hall–Kier alpha value is -3.89. The van der Waals surface area contributed by atoms with Gasteiger partial charge in [0.2, 0.25) is 0 Å². The molecule has 11 nitrogen and oxygen atoms in total. The van der Waals surface area contributed by atoms with Gasteiger partial charge in [-0.25, -0.2) is 4.98 Å². The van der Waals surface area contributed by atoms with E-state index in [2.05, 4.69) is 25.6 Å². The maximum atomic E-state index is 12.3. The Morgan fingerprint density at radius 3 is 2.71 bits per heavy atom. The van der Waals surface area contributed by atoms with E-state index in [1.807, 2.05) is 0 Å². The smallest absolute Gasteiger partial charge is 0.287 e. The van der Waals surface area contributed by atoms with Crippen LogP contribution in [0.5, 0.6) is 0 Å². The third-order valence-electron chi connectivity index (χ3n) is 3.91. The van der Waals surface area contributed by atoms with Gasteiger partial charge in [0, 0.05) is 31.4 Å². The van der Waals surface area contributed by atoms with Gasteiger partial charge in [-0.3, -0.25) is 24.9 Å². The molecule has 0 aliphatic rings. The van der Waals surface area contributed by atoms with Crippen LogP contribution in [0.4, 0.5) is 11.4 Å². The van der Waals surface area contributed by atoms with Gasteiger partial charge in [-0.2, -0.15) is 0 Å². The van der Waals surface area contributed by atoms with Gasteiger partial charge >= 0.3 is 0 Å². The zero-order chi connectivity index (χ0) is 20.7. The van der Waals surface area contributed by atoms with Crippen molar-refractivity contribution in [3.63, 3.8) is 0 Å². The number of nitrogens with two attached hydrogens (primary N) is 1. The van der Waals surface area contributed by atoms with Gasteiger partial charge in [0.15, 0.2) is 5.96 Å². The molecule has 0 aliphatic carbocycles. The topological polar surface area (TPSA) is 166 Å². The molecule has 2 rings (SSSR count). The molecule has 0 aromatic carbocycles. The highest BCUT2D eigenvalue weighted by atomic mass is 16.6. The number of carbonyl (C=O) groups excluding carboxylic acids is 2. The van der Waals surface area contributed by atoms with Crippen molar-refractivity contribution in [1.29, 1.82) is 0 Å². The van der Waals surface area contributed by atoms with Crippen LogP contribution in [0, 0.1) is 10.1 Å². The number of nitrogens with zero attached hydrogens (tertiary/aromatic N) is 4. The molecule has 0 radical (unpaired) electrons. The summed E-state index contributed by atoms with van der Waals surface area (Å²) < 4.78 is 0. The molecule has 2 heterocycles. The van der Waals surface area contributed by atoms with Gasteiger partial charge in [-0.1, -0.05) is 0 Å². The first-order valence-corrected chi connectivity index (χ1v) is 8.11. The van der Waals surface area contributed by atoms with Crippen LogP contribution in [-0.2, 0) is 10.3 Å². The summed E-state index contributed by atoms with van der Waals surface area (Å²) in [5, 5.41) is 16.2. The van der Waals surface area contributed by atoms with Crippen LogP contribution in [-0.4, -0.2) is 40.1 Å². The van der Waals surface area contributed by atoms with Crippen LogP contribution in [0.1, 0.15) is 29.5 Å². The summed E-state index contributed by atoms with van der Waals surface area (Å²) >= 11 is 0. The summed E-state index contributed by atoms with van der Waals surface area (Å²) in [6.07, 6.45) is 3.27. The zero-order valence-corrected chi connectivity index (χ0v) is 15.2. The second-order valence-electron chi connectivity index (χ2n) is 5.98. The molecule has 1 amide bonds. The highest BCUT2D eigenvalue weighted by molar-refractivity contribution is 6.02. The first-order chi connectivity index (χ1) is 13.3. The fraction of sp³-hybridized carbons (Fsp3) is 0.235. The predicted octanol–water partition coefficient (Wildman–Crippen LogP) is 0.975. The van der Waals surface area contributed by atoms with Crippen LogP contribution in [0.15, 0.2) is 41.7 Å². The highest BCUT2D eigenvalue weighted by Gasteiger charge is 2.29. The number of nitro groups is 1. The molecule has 0 saturated carbocycles. The molecule has 1 atom stereocenters. The summed E-state index contributed by atoms with van der Waals surface area (Å²) in [6.45, 7) is 1.73. The number of hydrogen-bond donors (Lipinski definition) is 3. The van der Waals surface area contributed by atoms with Gasteiger partial charge in [0.1, 0.15) is 18.2 Å². The van der Waals surface area contributed by atoms with E-state index in [1.165, 1.54) is 25.4 Å². The second kappa shape index (κ2) is 8.66. The Morgan fingerprint density at radius 2 is 2.14 bits per heavy atom. The van der Waals surface area contributed by atoms with Gasteiger partial charge in [0.25, 0.3) is 11.6 Å². The van der Waals surface area contributed by atoms with Crippen LogP contribution < -0.4 is 16.4 Å². The molecule has 0 fully saturated rings. The second-order valence-corrected chi connectivity index (χ2v) is 5.98. The van der Waals surface area contributed by atoms with Crippen molar-refractivity contribution in [2.24, 2.45) is 10.7 Å². The minimum atomic E-state index is -0.933. The fourth-order valence-electron chi connectivity index (χ4n) is 2.36. The van der Waals surface area contributed by atoms with Crippen molar-refractivity contribution in [3.05, 3.63) is 58.2 Å². The lowest BCUT2D eigenvalue weighted by Crippen LogP contribution is -2.47. The Bertz CT molecular complexity index is 914.